The van der Waals surface area contributed by atoms with Gasteiger partial charge < -0.3 is 9.42 Å². The van der Waals surface area contributed by atoms with Gasteiger partial charge in [0, 0.05) is 43.0 Å². The standard InChI is InChI=1S/C16H19N3O2S/c20-15(19-9-11-22-12-10-19)8-4-7-14-17-16(18-21-14)13-5-2-1-3-6-13/h1-3,5-6H,4,7-12H2. The van der Waals surface area contributed by atoms with E-state index in [1.807, 2.05) is 47.0 Å². The van der Waals surface area contributed by atoms with E-state index in [1.54, 1.807) is 0 Å². The van der Waals surface area contributed by atoms with Crippen LogP contribution in [-0.2, 0) is 11.2 Å². The van der Waals surface area contributed by atoms with E-state index in [-0.39, 0.29) is 5.91 Å². The Kier molecular flexibility index (Phi) is 5.11. The molecule has 0 bridgehead atoms. The normalized spacial score (nSPS) is 15.0. The summed E-state index contributed by atoms with van der Waals surface area (Å²) in [5.41, 5.74) is 0.944. The van der Waals surface area contributed by atoms with Gasteiger partial charge in [0.15, 0.2) is 0 Å². The van der Waals surface area contributed by atoms with E-state index in [1.165, 1.54) is 0 Å². The molecule has 0 N–H and O–H groups in total. The number of hydrogen-bond donors (Lipinski definition) is 0. The summed E-state index contributed by atoms with van der Waals surface area (Å²) < 4.78 is 5.26. The average molecular weight is 317 g/mol. The summed E-state index contributed by atoms with van der Waals surface area (Å²) in [5, 5.41) is 3.99. The van der Waals surface area contributed by atoms with Gasteiger partial charge in [-0.25, -0.2) is 0 Å². The molecule has 1 fully saturated rings. The molecule has 0 aliphatic carbocycles. The van der Waals surface area contributed by atoms with Gasteiger partial charge in [-0.1, -0.05) is 35.5 Å². The smallest absolute Gasteiger partial charge is 0.226 e. The van der Waals surface area contributed by atoms with Crippen molar-refractivity contribution in [3.8, 4) is 11.4 Å². The second-order valence-electron chi connectivity index (χ2n) is 5.22. The number of benzene rings is 1. The maximum atomic E-state index is 12.1. The number of carbonyl (C=O) groups is 1. The number of rotatable bonds is 5. The first kappa shape index (κ1) is 15.1. The third-order valence-electron chi connectivity index (χ3n) is 3.65. The highest BCUT2D eigenvalue weighted by Crippen LogP contribution is 2.16. The van der Waals surface area contributed by atoms with E-state index in [0.717, 1.165) is 36.6 Å². The number of amides is 1. The summed E-state index contributed by atoms with van der Waals surface area (Å²) in [6.45, 7) is 1.75. The molecule has 1 amide bonds. The fourth-order valence-electron chi connectivity index (χ4n) is 2.42. The maximum absolute atomic E-state index is 12.1. The molecule has 0 saturated carbocycles. The second-order valence-corrected chi connectivity index (χ2v) is 6.45. The van der Waals surface area contributed by atoms with Crippen LogP contribution >= 0.6 is 11.8 Å². The van der Waals surface area contributed by atoms with Crippen molar-refractivity contribution < 1.29 is 9.32 Å². The molecule has 1 aliphatic heterocycles. The van der Waals surface area contributed by atoms with Gasteiger partial charge in [0.2, 0.25) is 17.6 Å². The van der Waals surface area contributed by atoms with Crippen LogP contribution in [0.4, 0.5) is 0 Å². The van der Waals surface area contributed by atoms with E-state index in [9.17, 15) is 4.79 Å². The molecule has 0 radical (unpaired) electrons. The lowest BCUT2D eigenvalue weighted by atomic mass is 10.2. The molecular weight excluding hydrogens is 298 g/mol. The lowest BCUT2D eigenvalue weighted by Gasteiger charge is -2.26. The molecule has 1 saturated heterocycles. The van der Waals surface area contributed by atoms with Gasteiger partial charge in [-0.15, -0.1) is 0 Å². The molecule has 1 aromatic heterocycles. The van der Waals surface area contributed by atoms with Gasteiger partial charge in [-0.05, 0) is 6.42 Å². The van der Waals surface area contributed by atoms with Crippen LogP contribution in [0.3, 0.4) is 0 Å². The van der Waals surface area contributed by atoms with Gasteiger partial charge in [-0.3, -0.25) is 4.79 Å². The molecule has 0 unspecified atom stereocenters. The minimum absolute atomic E-state index is 0.239. The summed E-state index contributed by atoms with van der Waals surface area (Å²) >= 11 is 1.91. The van der Waals surface area contributed by atoms with Gasteiger partial charge >= 0.3 is 0 Å². The SMILES string of the molecule is O=C(CCCc1nc(-c2ccccc2)no1)N1CCSCC1. The summed E-state index contributed by atoms with van der Waals surface area (Å²) in [6.07, 6.45) is 1.95. The van der Waals surface area contributed by atoms with Crippen molar-refractivity contribution in [2.75, 3.05) is 24.6 Å². The average Bonchev–Trinajstić information content (AvgIpc) is 3.05. The highest BCUT2D eigenvalue weighted by Gasteiger charge is 2.16. The first-order chi connectivity index (χ1) is 10.8. The van der Waals surface area contributed by atoms with Crippen molar-refractivity contribution in [1.29, 1.82) is 0 Å². The van der Waals surface area contributed by atoms with Crippen LogP contribution in [0.25, 0.3) is 11.4 Å². The summed E-state index contributed by atoms with van der Waals surface area (Å²) in [4.78, 5) is 18.4. The quantitative estimate of drug-likeness (QED) is 0.848. The Labute approximate surface area is 134 Å². The van der Waals surface area contributed by atoms with E-state index in [0.29, 0.717) is 24.6 Å². The van der Waals surface area contributed by atoms with Crippen LogP contribution in [-0.4, -0.2) is 45.5 Å². The fraction of sp³-hybridized carbons (Fsp3) is 0.438. The predicted octanol–water partition coefficient (Wildman–Crippen LogP) is 2.63. The molecule has 1 aliphatic rings. The number of aryl methyl sites for hydroxylation is 1. The van der Waals surface area contributed by atoms with E-state index in [2.05, 4.69) is 10.1 Å². The Bertz CT molecular complexity index is 609. The fourth-order valence-corrected chi connectivity index (χ4v) is 3.33. The second kappa shape index (κ2) is 7.45. The molecule has 22 heavy (non-hydrogen) atoms. The molecule has 2 aromatic rings. The van der Waals surface area contributed by atoms with Crippen molar-refractivity contribution in [3.63, 3.8) is 0 Å². The number of hydrogen-bond acceptors (Lipinski definition) is 5. The highest BCUT2D eigenvalue weighted by atomic mass is 32.2. The third-order valence-corrected chi connectivity index (χ3v) is 4.59. The predicted molar refractivity (Wildman–Crippen MR) is 86.6 cm³/mol. The van der Waals surface area contributed by atoms with Crippen molar-refractivity contribution in [2.45, 2.75) is 19.3 Å². The first-order valence-corrected chi connectivity index (χ1v) is 8.72. The Hall–Kier alpha value is -1.82. The molecule has 116 valence electrons. The molecule has 6 heteroatoms. The lowest BCUT2D eigenvalue weighted by Crippen LogP contribution is -2.37. The zero-order valence-corrected chi connectivity index (χ0v) is 13.2. The molecule has 0 spiro atoms. The molecule has 5 nitrogen and oxygen atoms in total. The van der Waals surface area contributed by atoms with Crippen molar-refractivity contribution in [1.82, 2.24) is 15.0 Å². The topological polar surface area (TPSA) is 59.2 Å². The van der Waals surface area contributed by atoms with Gasteiger partial charge in [-0.2, -0.15) is 16.7 Å². The highest BCUT2D eigenvalue weighted by molar-refractivity contribution is 7.99. The van der Waals surface area contributed by atoms with Gasteiger partial charge in [0.05, 0.1) is 0 Å². The molecule has 2 heterocycles. The van der Waals surface area contributed by atoms with Crippen LogP contribution < -0.4 is 0 Å². The van der Waals surface area contributed by atoms with Crippen molar-refractivity contribution in [3.05, 3.63) is 36.2 Å². The van der Waals surface area contributed by atoms with Crippen molar-refractivity contribution >= 4 is 17.7 Å². The molecule has 0 atom stereocenters. The number of carbonyl (C=O) groups excluding carboxylic acids is 1. The molecular formula is C16H19N3O2S. The van der Waals surface area contributed by atoms with E-state index < -0.39 is 0 Å². The van der Waals surface area contributed by atoms with Crippen LogP contribution in [0.1, 0.15) is 18.7 Å². The number of aromatic nitrogens is 2. The van der Waals surface area contributed by atoms with Gasteiger partial charge in [0.25, 0.3) is 0 Å². The third kappa shape index (κ3) is 3.88. The van der Waals surface area contributed by atoms with Crippen LogP contribution in [0.15, 0.2) is 34.9 Å². The van der Waals surface area contributed by atoms with E-state index in [4.69, 9.17) is 4.52 Å². The number of nitrogens with zero attached hydrogens (tertiary/aromatic N) is 3. The zero-order valence-electron chi connectivity index (χ0n) is 12.4. The minimum Gasteiger partial charge on any atom is -0.341 e. The zero-order chi connectivity index (χ0) is 15.2. The van der Waals surface area contributed by atoms with Crippen LogP contribution in [0.5, 0.6) is 0 Å². The molecule has 1 aromatic carbocycles. The number of thioether (sulfide) groups is 1. The Morgan fingerprint density at radius 3 is 2.77 bits per heavy atom. The first-order valence-electron chi connectivity index (χ1n) is 7.56. The largest absolute Gasteiger partial charge is 0.341 e. The Morgan fingerprint density at radius 2 is 2.00 bits per heavy atom. The maximum Gasteiger partial charge on any atom is 0.226 e. The van der Waals surface area contributed by atoms with Gasteiger partial charge in [0.1, 0.15) is 0 Å². The van der Waals surface area contributed by atoms with Crippen molar-refractivity contribution in [2.24, 2.45) is 0 Å². The minimum atomic E-state index is 0.239. The summed E-state index contributed by atoms with van der Waals surface area (Å²) in [6, 6.07) is 9.75. The molecule has 3 rings (SSSR count). The lowest BCUT2D eigenvalue weighted by molar-refractivity contribution is -0.130. The monoisotopic (exact) mass is 317 g/mol. The summed E-state index contributed by atoms with van der Waals surface area (Å²) in [5.74, 6) is 3.55. The Balaban J connectivity index is 1.48. The Morgan fingerprint density at radius 1 is 1.23 bits per heavy atom. The van der Waals surface area contributed by atoms with E-state index >= 15 is 0 Å². The van der Waals surface area contributed by atoms with Crippen LogP contribution in [0.2, 0.25) is 0 Å². The van der Waals surface area contributed by atoms with Crippen LogP contribution in [0, 0.1) is 0 Å². The summed E-state index contributed by atoms with van der Waals surface area (Å²) in [7, 11) is 0.